The standard InChI is InChI=1S/C15H20N6O/c1-5-11-7-12(16-8-14-19-18-13(6-2)22-14)21-15(17-11)9(3)10(4)20-21/h7,16H,5-6,8H2,1-4H3. The Morgan fingerprint density at radius 1 is 1.14 bits per heavy atom. The van der Waals surface area contributed by atoms with Crippen molar-refractivity contribution in [1.82, 2.24) is 24.8 Å². The number of hydrogen-bond donors (Lipinski definition) is 1. The third-order valence-corrected chi connectivity index (χ3v) is 3.70. The maximum atomic E-state index is 5.52. The molecule has 3 rings (SSSR count). The first-order chi connectivity index (χ1) is 10.6. The summed E-state index contributed by atoms with van der Waals surface area (Å²) in [4.78, 5) is 4.66. The quantitative estimate of drug-likeness (QED) is 0.779. The molecule has 0 aliphatic carbocycles. The molecule has 0 bridgehead atoms. The Hall–Kier alpha value is -2.44. The highest BCUT2D eigenvalue weighted by Crippen LogP contribution is 2.19. The van der Waals surface area contributed by atoms with Crippen molar-refractivity contribution >= 4 is 11.5 Å². The van der Waals surface area contributed by atoms with Crippen LogP contribution < -0.4 is 5.32 Å². The molecular formula is C15H20N6O. The van der Waals surface area contributed by atoms with Gasteiger partial charge in [-0.2, -0.15) is 9.61 Å². The van der Waals surface area contributed by atoms with Crippen molar-refractivity contribution in [3.05, 3.63) is 34.8 Å². The average Bonchev–Trinajstić information content (AvgIpc) is 3.11. The van der Waals surface area contributed by atoms with E-state index in [4.69, 9.17) is 4.42 Å². The first kappa shape index (κ1) is 14.5. The molecule has 3 aromatic rings. The minimum Gasteiger partial charge on any atom is -0.423 e. The lowest BCUT2D eigenvalue weighted by Crippen LogP contribution is -2.08. The second kappa shape index (κ2) is 5.75. The van der Waals surface area contributed by atoms with Gasteiger partial charge in [0.1, 0.15) is 5.82 Å². The Morgan fingerprint density at radius 3 is 2.59 bits per heavy atom. The predicted octanol–water partition coefficient (Wildman–Crippen LogP) is 2.47. The summed E-state index contributed by atoms with van der Waals surface area (Å²) in [7, 11) is 0. The smallest absolute Gasteiger partial charge is 0.235 e. The van der Waals surface area contributed by atoms with E-state index in [-0.39, 0.29) is 0 Å². The molecule has 0 aliphatic rings. The molecule has 0 aromatic carbocycles. The fourth-order valence-electron chi connectivity index (χ4n) is 2.26. The summed E-state index contributed by atoms with van der Waals surface area (Å²) < 4.78 is 7.36. The van der Waals surface area contributed by atoms with E-state index in [1.54, 1.807) is 0 Å². The Bertz CT molecular complexity index is 804. The van der Waals surface area contributed by atoms with Crippen molar-refractivity contribution in [3.8, 4) is 0 Å². The Kier molecular flexibility index (Phi) is 3.79. The fourth-order valence-corrected chi connectivity index (χ4v) is 2.26. The third-order valence-electron chi connectivity index (χ3n) is 3.70. The molecule has 0 amide bonds. The fraction of sp³-hybridized carbons (Fsp3) is 0.467. The van der Waals surface area contributed by atoms with Crippen LogP contribution in [0.4, 0.5) is 5.82 Å². The summed E-state index contributed by atoms with van der Waals surface area (Å²) in [6.45, 7) is 8.57. The molecule has 0 saturated carbocycles. The van der Waals surface area contributed by atoms with Gasteiger partial charge in [-0.15, -0.1) is 10.2 Å². The van der Waals surface area contributed by atoms with Crippen molar-refractivity contribution in [3.63, 3.8) is 0 Å². The summed E-state index contributed by atoms with van der Waals surface area (Å²) in [5.41, 5.74) is 4.00. The lowest BCUT2D eigenvalue weighted by atomic mass is 10.2. The van der Waals surface area contributed by atoms with Gasteiger partial charge in [0.2, 0.25) is 11.8 Å². The van der Waals surface area contributed by atoms with Crippen LogP contribution in [-0.2, 0) is 19.4 Å². The number of aromatic nitrogens is 5. The number of nitrogens with one attached hydrogen (secondary N) is 1. The molecule has 7 heteroatoms. The molecule has 0 unspecified atom stereocenters. The molecule has 1 N–H and O–H groups in total. The van der Waals surface area contributed by atoms with Crippen LogP contribution >= 0.6 is 0 Å². The summed E-state index contributed by atoms with van der Waals surface area (Å²) in [5, 5.41) is 15.9. The van der Waals surface area contributed by atoms with E-state index in [1.807, 2.05) is 31.4 Å². The van der Waals surface area contributed by atoms with Gasteiger partial charge in [-0.25, -0.2) is 4.98 Å². The Balaban J connectivity index is 1.93. The van der Waals surface area contributed by atoms with E-state index in [9.17, 15) is 0 Å². The van der Waals surface area contributed by atoms with Gasteiger partial charge in [0.25, 0.3) is 0 Å². The number of fused-ring (bicyclic) bond motifs is 1. The van der Waals surface area contributed by atoms with E-state index < -0.39 is 0 Å². The van der Waals surface area contributed by atoms with Crippen LogP contribution in [0.3, 0.4) is 0 Å². The molecule has 3 heterocycles. The predicted molar refractivity (Wildman–Crippen MR) is 82.8 cm³/mol. The zero-order valence-corrected chi connectivity index (χ0v) is 13.3. The minimum absolute atomic E-state index is 0.465. The molecule has 0 fully saturated rings. The topological polar surface area (TPSA) is 81.1 Å². The highest BCUT2D eigenvalue weighted by molar-refractivity contribution is 5.56. The normalized spacial score (nSPS) is 11.3. The van der Waals surface area contributed by atoms with E-state index in [1.165, 1.54) is 0 Å². The summed E-state index contributed by atoms with van der Waals surface area (Å²) >= 11 is 0. The van der Waals surface area contributed by atoms with Crippen LogP contribution in [0.5, 0.6) is 0 Å². The first-order valence-corrected chi connectivity index (χ1v) is 7.53. The molecule has 0 radical (unpaired) electrons. The second-order valence-corrected chi connectivity index (χ2v) is 5.23. The van der Waals surface area contributed by atoms with Gasteiger partial charge in [0.05, 0.1) is 12.2 Å². The van der Waals surface area contributed by atoms with E-state index in [2.05, 4.69) is 32.5 Å². The molecule has 0 saturated heterocycles. The largest absolute Gasteiger partial charge is 0.423 e. The van der Waals surface area contributed by atoms with Crippen LogP contribution in [0, 0.1) is 13.8 Å². The Labute approximate surface area is 128 Å². The lowest BCUT2D eigenvalue weighted by Gasteiger charge is -2.08. The van der Waals surface area contributed by atoms with Crippen LogP contribution in [0.25, 0.3) is 5.65 Å². The van der Waals surface area contributed by atoms with Crippen molar-refractivity contribution in [2.24, 2.45) is 0 Å². The molecule has 0 aliphatic heterocycles. The maximum absolute atomic E-state index is 5.52. The summed E-state index contributed by atoms with van der Waals surface area (Å²) in [6.07, 6.45) is 1.61. The second-order valence-electron chi connectivity index (χ2n) is 5.23. The number of hydrogen-bond acceptors (Lipinski definition) is 6. The number of aryl methyl sites for hydroxylation is 4. The lowest BCUT2D eigenvalue weighted by molar-refractivity contribution is 0.460. The first-order valence-electron chi connectivity index (χ1n) is 7.53. The van der Waals surface area contributed by atoms with Crippen molar-refractivity contribution in [2.45, 2.75) is 47.1 Å². The Morgan fingerprint density at radius 2 is 1.91 bits per heavy atom. The zero-order valence-electron chi connectivity index (χ0n) is 13.3. The minimum atomic E-state index is 0.465. The molecule has 3 aromatic heterocycles. The molecule has 0 spiro atoms. The van der Waals surface area contributed by atoms with Crippen molar-refractivity contribution < 1.29 is 4.42 Å². The summed E-state index contributed by atoms with van der Waals surface area (Å²) in [6, 6.07) is 2.01. The van der Waals surface area contributed by atoms with Gasteiger partial charge in [0.15, 0.2) is 5.65 Å². The van der Waals surface area contributed by atoms with Gasteiger partial charge in [-0.05, 0) is 20.3 Å². The van der Waals surface area contributed by atoms with Crippen LogP contribution in [-0.4, -0.2) is 24.8 Å². The van der Waals surface area contributed by atoms with Crippen LogP contribution in [0.2, 0.25) is 0 Å². The SMILES string of the molecule is CCc1cc(NCc2nnc(CC)o2)n2nc(C)c(C)c2n1. The highest BCUT2D eigenvalue weighted by Gasteiger charge is 2.12. The number of anilines is 1. The van der Waals surface area contributed by atoms with Gasteiger partial charge < -0.3 is 9.73 Å². The number of rotatable bonds is 5. The van der Waals surface area contributed by atoms with Crippen LogP contribution in [0.15, 0.2) is 10.5 Å². The highest BCUT2D eigenvalue weighted by atomic mass is 16.4. The van der Waals surface area contributed by atoms with Crippen molar-refractivity contribution in [2.75, 3.05) is 5.32 Å². The van der Waals surface area contributed by atoms with E-state index >= 15 is 0 Å². The molecule has 116 valence electrons. The van der Waals surface area contributed by atoms with Crippen molar-refractivity contribution in [1.29, 1.82) is 0 Å². The van der Waals surface area contributed by atoms with Gasteiger partial charge in [-0.3, -0.25) is 0 Å². The molecule has 0 atom stereocenters. The number of nitrogens with zero attached hydrogens (tertiary/aromatic N) is 5. The summed E-state index contributed by atoms with van der Waals surface area (Å²) in [5.74, 6) is 2.10. The van der Waals surface area contributed by atoms with Crippen LogP contribution in [0.1, 0.15) is 42.6 Å². The molecule has 22 heavy (non-hydrogen) atoms. The molecular weight excluding hydrogens is 280 g/mol. The van der Waals surface area contributed by atoms with E-state index in [0.717, 1.165) is 41.3 Å². The average molecular weight is 300 g/mol. The third kappa shape index (κ3) is 2.54. The maximum Gasteiger partial charge on any atom is 0.235 e. The molecule has 7 nitrogen and oxygen atoms in total. The van der Waals surface area contributed by atoms with Gasteiger partial charge >= 0.3 is 0 Å². The van der Waals surface area contributed by atoms with Gasteiger partial charge in [0, 0.05) is 23.7 Å². The zero-order chi connectivity index (χ0) is 15.7. The van der Waals surface area contributed by atoms with E-state index in [0.29, 0.717) is 18.3 Å². The monoisotopic (exact) mass is 300 g/mol. The van der Waals surface area contributed by atoms with Gasteiger partial charge in [-0.1, -0.05) is 13.8 Å².